The van der Waals surface area contributed by atoms with Crippen molar-refractivity contribution in [1.82, 2.24) is 15.1 Å². The molecule has 1 aliphatic rings. The minimum absolute atomic E-state index is 0.170. The number of halogens is 1. The van der Waals surface area contributed by atoms with Gasteiger partial charge in [0.05, 0.1) is 18.8 Å². The Morgan fingerprint density at radius 1 is 1.38 bits per heavy atom. The Kier molecular flexibility index (Phi) is 4.55. The Morgan fingerprint density at radius 2 is 2.12 bits per heavy atom. The lowest BCUT2D eigenvalue weighted by molar-refractivity contribution is 0.0929. The molecule has 2 aromatic rings. The van der Waals surface area contributed by atoms with Gasteiger partial charge in [-0.3, -0.25) is 9.48 Å². The first-order valence-electron chi connectivity index (χ1n) is 8.20. The van der Waals surface area contributed by atoms with Crippen molar-refractivity contribution in [1.29, 1.82) is 0 Å². The van der Waals surface area contributed by atoms with E-state index in [0.717, 1.165) is 36.9 Å². The van der Waals surface area contributed by atoms with Crippen molar-refractivity contribution < 1.29 is 13.9 Å². The molecule has 5 nitrogen and oxygen atoms in total. The summed E-state index contributed by atoms with van der Waals surface area (Å²) in [5.74, 6) is -0.413. The van der Waals surface area contributed by atoms with E-state index in [0.29, 0.717) is 11.3 Å². The second kappa shape index (κ2) is 6.63. The molecule has 1 aromatic heterocycles. The van der Waals surface area contributed by atoms with Crippen LogP contribution in [0.5, 0.6) is 5.75 Å². The van der Waals surface area contributed by atoms with Crippen molar-refractivity contribution in [2.75, 3.05) is 7.11 Å². The lowest BCUT2D eigenvalue weighted by atomic mass is 9.95. The summed E-state index contributed by atoms with van der Waals surface area (Å²) in [5, 5.41) is 7.42. The van der Waals surface area contributed by atoms with E-state index in [4.69, 9.17) is 4.74 Å². The molecule has 24 heavy (non-hydrogen) atoms. The van der Waals surface area contributed by atoms with E-state index in [-0.39, 0.29) is 17.7 Å². The van der Waals surface area contributed by atoms with Gasteiger partial charge in [0, 0.05) is 12.6 Å². The second-order valence-corrected chi connectivity index (χ2v) is 6.19. The number of rotatable bonds is 4. The van der Waals surface area contributed by atoms with Crippen LogP contribution in [-0.2, 0) is 19.9 Å². The number of aryl methyl sites for hydroxylation is 2. The highest BCUT2D eigenvalue weighted by Gasteiger charge is 2.25. The Hall–Kier alpha value is -2.37. The largest absolute Gasteiger partial charge is 0.494 e. The van der Waals surface area contributed by atoms with E-state index in [9.17, 15) is 9.18 Å². The molecule has 6 heteroatoms. The number of nitrogens with zero attached hydrogens (tertiary/aromatic N) is 2. The number of hydrogen-bond donors (Lipinski definition) is 1. The molecule has 1 amide bonds. The molecule has 1 N–H and O–H groups in total. The maximum absolute atomic E-state index is 13.9. The van der Waals surface area contributed by atoms with Gasteiger partial charge in [-0.05, 0) is 50.3 Å². The summed E-state index contributed by atoms with van der Waals surface area (Å²) in [5.41, 5.74) is 3.38. The van der Waals surface area contributed by atoms with Crippen LogP contribution in [0.15, 0.2) is 18.2 Å². The number of carbonyl (C=O) groups is 1. The molecule has 1 atom stereocenters. The highest BCUT2D eigenvalue weighted by atomic mass is 19.1. The molecule has 0 fully saturated rings. The summed E-state index contributed by atoms with van der Waals surface area (Å²) in [4.78, 5) is 12.7. The van der Waals surface area contributed by atoms with Crippen LogP contribution in [0.1, 0.15) is 53.1 Å². The van der Waals surface area contributed by atoms with E-state index in [1.54, 1.807) is 23.9 Å². The number of aromatic nitrogens is 2. The summed E-state index contributed by atoms with van der Waals surface area (Å²) < 4.78 is 20.4. The summed E-state index contributed by atoms with van der Waals surface area (Å²) >= 11 is 0. The molecule has 0 aliphatic heterocycles. The van der Waals surface area contributed by atoms with Crippen LogP contribution in [0.4, 0.5) is 4.39 Å². The van der Waals surface area contributed by atoms with Gasteiger partial charge in [0.25, 0.3) is 5.91 Å². The molecule has 0 saturated heterocycles. The van der Waals surface area contributed by atoms with Gasteiger partial charge in [0.15, 0.2) is 11.6 Å². The SMILES string of the molecule is COc1ccc([C@H](C)NC(=O)c2c3c(nn2C)CCCC3)cc1F. The molecule has 0 radical (unpaired) electrons. The molecule has 128 valence electrons. The van der Waals surface area contributed by atoms with E-state index >= 15 is 0 Å². The standard InChI is InChI=1S/C18H22FN3O2/c1-11(12-8-9-16(24-3)14(19)10-12)20-18(23)17-13-6-4-5-7-15(13)21-22(17)2/h8-11H,4-7H2,1-3H3,(H,20,23)/t11-/m0/s1. The third-order valence-electron chi connectivity index (χ3n) is 4.56. The molecule has 1 aromatic carbocycles. The average molecular weight is 331 g/mol. The first-order chi connectivity index (χ1) is 11.5. The monoisotopic (exact) mass is 331 g/mol. The molecule has 0 saturated carbocycles. The van der Waals surface area contributed by atoms with Crippen molar-refractivity contribution in [2.24, 2.45) is 7.05 Å². The van der Waals surface area contributed by atoms with Gasteiger partial charge in [-0.2, -0.15) is 5.10 Å². The normalized spacial score (nSPS) is 14.8. The number of carbonyl (C=O) groups excluding carboxylic acids is 1. The molecular formula is C18H22FN3O2. The van der Waals surface area contributed by atoms with Gasteiger partial charge in [-0.15, -0.1) is 0 Å². The quantitative estimate of drug-likeness (QED) is 0.937. The minimum Gasteiger partial charge on any atom is -0.494 e. The van der Waals surface area contributed by atoms with E-state index in [1.165, 1.54) is 13.2 Å². The Balaban J connectivity index is 1.80. The topological polar surface area (TPSA) is 56.1 Å². The van der Waals surface area contributed by atoms with Crippen molar-refractivity contribution in [2.45, 2.75) is 38.6 Å². The molecule has 0 bridgehead atoms. The summed E-state index contributed by atoms with van der Waals surface area (Å²) in [7, 11) is 3.22. The second-order valence-electron chi connectivity index (χ2n) is 6.19. The van der Waals surface area contributed by atoms with Gasteiger partial charge in [0.1, 0.15) is 5.69 Å². The number of ether oxygens (including phenoxy) is 1. The van der Waals surface area contributed by atoms with Crippen LogP contribution >= 0.6 is 0 Å². The molecule has 1 heterocycles. The zero-order valence-electron chi connectivity index (χ0n) is 14.2. The van der Waals surface area contributed by atoms with Crippen molar-refractivity contribution in [3.8, 4) is 5.75 Å². The van der Waals surface area contributed by atoms with Crippen LogP contribution in [0, 0.1) is 5.82 Å². The maximum Gasteiger partial charge on any atom is 0.270 e. The number of nitrogens with one attached hydrogen (secondary N) is 1. The zero-order valence-corrected chi connectivity index (χ0v) is 14.2. The molecule has 0 spiro atoms. The number of fused-ring (bicyclic) bond motifs is 1. The zero-order chi connectivity index (χ0) is 17.3. The molecule has 0 unspecified atom stereocenters. The van der Waals surface area contributed by atoms with Crippen LogP contribution in [-0.4, -0.2) is 22.8 Å². The van der Waals surface area contributed by atoms with E-state index in [2.05, 4.69) is 10.4 Å². The molecular weight excluding hydrogens is 309 g/mol. The van der Waals surface area contributed by atoms with Crippen LogP contribution in [0.25, 0.3) is 0 Å². The third kappa shape index (κ3) is 3.00. The Bertz CT molecular complexity index is 770. The number of benzene rings is 1. The van der Waals surface area contributed by atoms with Gasteiger partial charge < -0.3 is 10.1 Å². The van der Waals surface area contributed by atoms with Gasteiger partial charge in [0.2, 0.25) is 0 Å². The first kappa shape index (κ1) is 16.5. The van der Waals surface area contributed by atoms with Gasteiger partial charge >= 0.3 is 0 Å². The van der Waals surface area contributed by atoms with Crippen LogP contribution in [0.3, 0.4) is 0 Å². The summed E-state index contributed by atoms with van der Waals surface area (Å²) in [6, 6.07) is 4.40. The Labute approximate surface area is 140 Å². The highest BCUT2D eigenvalue weighted by Crippen LogP contribution is 2.25. The van der Waals surface area contributed by atoms with E-state index < -0.39 is 5.82 Å². The fraction of sp³-hybridized carbons (Fsp3) is 0.444. The van der Waals surface area contributed by atoms with Crippen molar-refractivity contribution >= 4 is 5.91 Å². The lowest BCUT2D eigenvalue weighted by Crippen LogP contribution is -2.29. The van der Waals surface area contributed by atoms with Gasteiger partial charge in [-0.1, -0.05) is 6.07 Å². The average Bonchev–Trinajstić information content (AvgIpc) is 2.90. The molecule has 3 rings (SSSR count). The maximum atomic E-state index is 13.9. The van der Waals surface area contributed by atoms with Crippen LogP contribution in [0.2, 0.25) is 0 Å². The van der Waals surface area contributed by atoms with Crippen molar-refractivity contribution in [3.05, 3.63) is 46.5 Å². The van der Waals surface area contributed by atoms with Crippen LogP contribution < -0.4 is 10.1 Å². The first-order valence-corrected chi connectivity index (χ1v) is 8.20. The number of hydrogen-bond acceptors (Lipinski definition) is 3. The number of methoxy groups -OCH3 is 1. The fourth-order valence-electron chi connectivity index (χ4n) is 3.27. The highest BCUT2D eigenvalue weighted by molar-refractivity contribution is 5.94. The Morgan fingerprint density at radius 3 is 2.83 bits per heavy atom. The van der Waals surface area contributed by atoms with Gasteiger partial charge in [-0.25, -0.2) is 4.39 Å². The smallest absolute Gasteiger partial charge is 0.270 e. The molecule has 1 aliphatic carbocycles. The lowest BCUT2D eigenvalue weighted by Gasteiger charge is -2.17. The van der Waals surface area contributed by atoms with Crippen molar-refractivity contribution in [3.63, 3.8) is 0 Å². The minimum atomic E-state index is -0.436. The summed E-state index contributed by atoms with van der Waals surface area (Å²) in [6.07, 6.45) is 4.01. The summed E-state index contributed by atoms with van der Waals surface area (Å²) in [6.45, 7) is 1.84. The third-order valence-corrected chi connectivity index (χ3v) is 4.56. The predicted octanol–water partition coefficient (Wildman–Crippen LogP) is 2.94. The van der Waals surface area contributed by atoms with E-state index in [1.807, 2.05) is 6.92 Å². The fourth-order valence-corrected chi connectivity index (χ4v) is 3.27. The number of amides is 1. The predicted molar refractivity (Wildman–Crippen MR) is 88.7 cm³/mol.